The van der Waals surface area contributed by atoms with Crippen molar-refractivity contribution in [1.82, 2.24) is 0 Å². The van der Waals surface area contributed by atoms with E-state index in [1.165, 1.54) is 0 Å². The Morgan fingerprint density at radius 2 is 1.00 bits per heavy atom. The fourth-order valence-electron chi connectivity index (χ4n) is 1.38. The van der Waals surface area contributed by atoms with Gasteiger partial charge in [-0.15, -0.1) is 0 Å². The zero-order valence-electron chi connectivity index (χ0n) is 9.04. The topological polar surface area (TPSA) is 34.1 Å². The van der Waals surface area contributed by atoms with Gasteiger partial charge < -0.3 is 0 Å². The molecule has 0 aromatic heterocycles. The van der Waals surface area contributed by atoms with Gasteiger partial charge in [-0.1, -0.05) is 0 Å². The van der Waals surface area contributed by atoms with E-state index >= 15 is 0 Å². The van der Waals surface area contributed by atoms with Crippen molar-refractivity contribution in [2.24, 2.45) is 0 Å². The van der Waals surface area contributed by atoms with Gasteiger partial charge in [0.1, 0.15) is 0 Å². The van der Waals surface area contributed by atoms with Crippen molar-refractivity contribution in [3.05, 3.63) is 71.8 Å². The molecule has 1 radical (unpaired) electrons. The van der Waals surface area contributed by atoms with Gasteiger partial charge in [0, 0.05) is 0 Å². The molecule has 2 aromatic rings. The fourth-order valence-corrected chi connectivity index (χ4v) is 2.94. The number of hydrogen-bond donors (Lipinski definition) is 0. The van der Waals surface area contributed by atoms with Crippen LogP contribution in [0.25, 0.3) is 0 Å². The minimum absolute atomic E-state index is 0.0456. The predicted molar refractivity (Wildman–Crippen MR) is 67.3 cm³/mol. The molecule has 0 aliphatic carbocycles. The van der Waals surface area contributed by atoms with E-state index in [2.05, 4.69) is 0 Å². The van der Waals surface area contributed by atoms with E-state index in [0.717, 1.165) is 0 Å². The molecule has 0 saturated heterocycles. The maximum absolute atomic E-state index is 11.8. The van der Waals surface area contributed by atoms with Crippen molar-refractivity contribution in [2.45, 2.75) is 0 Å². The van der Waals surface area contributed by atoms with Gasteiger partial charge in [0.15, 0.2) is 0 Å². The van der Waals surface area contributed by atoms with Gasteiger partial charge in [-0.25, -0.2) is 0 Å². The quantitative estimate of drug-likeness (QED) is 0.808. The molecule has 0 amide bonds. The monoisotopic (exact) mass is 285 g/mol. The molecule has 2 nitrogen and oxygen atoms in total. The van der Waals surface area contributed by atoms with Crippen molar-refractivity contribution in [2.75, 3.05) is 0 Å². The van der Waals surface area contributed by atoms with Crippen LogP contribution in [-0.2, 0) is 0 Å². The van der Waals surface area contributed by atoms with Crippen molar-refractivity contribution in [1.29, 1.82) is 0 Å². The molecular weight excluding hydrogens is 275 g/mol. The Balaban J connectivity index is 2.08. The van der Waals surface area contributed by atoms with E-state index in [-0.39, 0.29) is 9.14 Å². The van der Waals surface area contributed by atoms with E-state index in [1.807, 2.05) is 12.1 Å². The third kappa shape index (κ3) is 3.15. The van der Waals surface area contributed by atoms with Crippen LogP contribution < -0.4 is 0 Å². The molecular formula is C14H10AsO2. The molecule has 0 fully saturated rings. The number of carbonyl (C=O) groups excluding carboxylic acids is 2. The first-order valence-corrected chi connectivity index (χ1v) is 7.05. The Morgan fingerprint density at radius 3 is 1.35 bits per heavy atom. The minimum atomic E-state index is -0.979. The van der Waals surface area contributed by atoms with Crippen molar-refractivity contribution < 1.29 is 9.59 Å². The SMILES string of the molecule is O=C([As]C(=O)c1ccccc1)c1ccccc1. The summed E-state index contributed by atoms with van der Waals surface area (Å²) in [6.07, 6.45) is 0. The first-order chi connectivity index (χ1) is 8.27. The molecule has 17 heavy (non-hydrogen) atoms. The van der Waals surface area contributed by atoms with Crippen LogP contribution >= 0.6 is 0 Å². The molecule has 0 N–H and O–H groups in total. The van der Waals surface area contributed by atoms with Crippen LogP contribution in [0.5, 0.6) is 0 Å². The van der Waals surface area contributed by atoms with Crippen LogP contribution in [0.15, 0.2) is 60.7 Å². The van der Waals surface area contributed by atoms with E-state index in [1.54, 1.807) is 48.5 Å². The van der Waals surface area contributed by atoms with Crippen LogP contribution in [0.2, 0.25) is 0 Å². The van der Waals surface area contributed by atoms with Gasteiger partial charge in [-0.05, 0) is 0 Å². The van der Waals surface area contributed by atoms with Gasteiger partial charge in [-0.2, -0.15) is 0 Å². The second-order valence-corrected chi connectivity index (χ2v) is 5.63. The molecule has 0 aliphatic heterocycles. The Kier molecular flexibility index (Phi) is 3.89. The fraction of sp³-hybridized carbons (Fsp3) is 0. The molecule has 3 heteroatoms. The summed E-state index contributed by atoms with van der Waals surface area (Å²) in [5.74, 6) is 0. The number of rotatable bonds is 4. The second kappa shape index (κ2) is 5.60. The summed E-state index contributed by atoms with van der Waals surface area (Å²) in [6, 6.07) is 17.9. The predicted octanol–water partition coefficient (Wildman–Crippen LogP) is 2.37. The summed E-state index contributed by atoms with van der Waals surface area (Å²) in [7, 11) is 0. The van der Waals surface area contributed by atoms with Gasteiger partial charge in [0.25, 0.3) is 0 Å². The zero-order valence-corrected chi connectivity index (χ0v) is 10.9. The molecule has 0 aliphatic rings. The van der Waals surface area contributed by atoms with E-state index in [4.69, 9.17) is 0 Å². The Labute approximate surface area is 106 Å². The van der Waals surface area contributed by atoms with Crippen LogP contribution in [0, 0.1) is 0 Å². The molecule has 0 spiro atoms. The summed E-state index contributed by atoms with van der Waals surface area (Å²) < 4.78 is -0.0913. The summed E-state index contributed by atoms with van der Waals surface area (Å²) >= 11 is -0.979. The van der Waals surface area contributed by atoms with Crippen LogP contribution in [0.4, 0.5) is 0 Å². The zero-order chi connectivity index (χ0) is 12.1. The molecule has 2 rings (SSSR count). The Hall–Kier alpha value is -1.66. The summed E-state index contributed by atoms with van der Waals surface area (Å²) in [5, 5.41) is 0. The standard InChI is InChI=1S/C14H10AsO2/c16-13(11-7-3-1-4-8-11)15-14(17)12-9-5-2-6-10-12/h1-10H. The van der Waals surface area contributed by atoms with Crippen molar-refractivity contribution >= 4 is 24.9 Å². The third-order valence-electron chi connectivity index (χ3n) is 2.24. The van der Waals surface area contributed by atoms with Crippen LogP contribution in [-0.4, -0.2) is 24.9 Å². The Bertz CT molecular complexity index is 471. The van der Waals surface area contributed by atoms with Gasteiger partial charge in [0.2, 0.25) is 0 Å². The average molecular weight is 285 g/mol. The first kappa shape index (κ1) is 11.8. The molecule has 0 atom stereocenters. The molecule has 83 valence electrons. The second-order valence-electron chi connectivity index (χ2n) is 3.45. The molecule has 0 saturated carbocycles. The summed E-state index contributed by atoms with van der Waals surface area (Å²) in [6.45, 7) is 0. The summed E-state index contributed by atoms with van der Waals surface area (Å²) in [5.41, 5.74) is 1.24. The third-order valence-corrected chi connectivity index (χ3v) is 4.18. The van der Waals surface area contributed by atoms with E-state index < -0.39 is 15.8 Å². The van der Waals surface area contributed by atoms with Crippen molar-refractivity contribution in [3.63, 3.8) is 0 Å². The normalized spacial score (nSPS) is 9.88. The van der Waals surface area contributed by atoms with Gasteiger partial charge in [-0.3, -0.25) is 0 Å². The van der Waals surface area contributed by atoms with Gasteiger partial charge >= 0.3 is 106 Å². The molecule has 0 bridgehead atoms. The average Bonchev–Trinajstić information content (AvgIpc) is 2.40. The number of hydrogen-bond acceptors (Lipinski definition) is 2. The number of carbonyl (C=O) groups is 2. The maximum atomic E-state index is 11.8. The first-order valence-electron chi connectivity index (χ1n) is 5.18. The van der Waals surface area contributed by atoms with E-state index in [0.29, 0.717) is 11.1 Å². The molecule has 0 heterocycles. The molecule has 0 unspecified atom stereocenters. The van der Waals surface area contributed by atoms with Gasteiger partial charge in [0.05, 0.1) is 0 Å². The van der Waals surface area contributed by atoms with Crippen LogP contribution in [0.3, 0.4) is 0 Å². The number of benzene rings is 2. The van der Waals surface area contributed by atoms with E-state index in [9.17, 15) is 9.59 Å². The van der Waals surface area contributed by atoms with Crippen LogP contribution in [0.1, 0.15) is 20.7 Å². The molecule has 2 aromatic carbocycles. The van der Waals surface area contributed by atoms with Crippen molar-refractivity contribution in [3.8, 4) is 0 Å². The Morgan fingerprint density at radius 1 is 0.647 bits per heavy atom. The summed E-state index contributed by atoms with van der Waals surface area (Å²) in [4.78, 5) is 23.7.